The Hall–Kier alpha value is -3.55. The van der Waals surface area contributed by atoms with Crippen LogP contribution >= 0.6 is 0 Å². The summed E-state index contributed by atoms with van der Waals surface area (Å²) in [5.41, 5.74) is -2.46. The first-order valence-electron chi connectivity index (χ1n) is 13.4. The zero-order valence-electron chi connectivity index (χ0n) is 23.0. The standard InChI is InChI=1S/C30H35F2N3O5/c1-29(2,32)18-34-11-9-19(10-12-34)17-40-25-8-7-20(13-21(25)15-33)23-5-4-6-24(31)26(23)27(37)35-16-22(36)14-30(35,3)28(38)39/h4-8,13,19,22,36H,9-12,14,16-18H2,1-3H3,(H,38,39)/t22-,30-/m1/s1. The Balaban J connectivity index is 1.53. The molecule has 2 fully saturated rings. The molecule has 0 saturated carbocycles. The molecule has 0 radical (unpaired) electrons. The number of carbonyl (C=O) groups is 2. The van der Waals surface area contributed by atoms with Gasteiger partial charge in [-0.2, -0.15) is 5.26 Å². The van der Waals surface area contributed by atoms with Gasteiger partial charge in [-0.05, 0) is 81.9 Å². The van der Waals surface area contributed by atoms with Gasteiger partial charge < -0.3 is 24.7 Å². The highest BCUT2D eigenvalue weighted by Crippen LogP contribution is 2.36. The maximum absolute atomic E-state index is 15.1. The van der Waals surface area contributed by atoms with Gasteiger partial charge in [-0.25, -0.2) is 13.6 Å². The summed E-state index contributed by atoms with van der Waals surface area (Å²) in [5.74, 6) is -2.35. The number of aliphatic hydroxyl groups is 1. The Kier molecular flexibility index (Phi) is 8.47. The maximum Gasteiger partial charge on any atom is 0.329 e. The van der Waals surface area contributed by atoms with Crippen molar-refractivity contribution in [2.24, 2.45) is 5.92 Å². The second-order valence-corrected chi connectivity index (χ2v) is 11.6. The van der Waals surface area contributed by atoms with Crippen molar-refractivity contribution in [1.82, 2.24) is 9.80 Å². The molecule has 10 heteroatoms. The van der Waals surface area contributed by atoms with Crippen LogP contribution in [0.15, 0.2) is 36.4 Å². The van der Waals surface area contributed by atoms with Gasteiger partial charge in [0.1, 0.15) is 28.8 Å². The molecule has 2 atom stereocenters. The number of nitriles is 1. The minimum atomic E-state index is -1.69. The highest BCUT2D eigenvalue weighted by Gasteiger charge is 2.50. The number of benzene rings is 2. The third kappa shape index (κ3) is 6.26. The van der Waals surface area contributed by atoms with Crippen molar-refractivity contribution in [1.29, 1.82) is 5.26 Å². The fraction of sp³-hybridized carbons (Fsp3) is 0.500. The average Bonchev–Trinajstić information content (AvgIpc) is 3.22. The number of nitrogens with zero attached hydrogens (tertiary/aromatic N) is 3. The van der Waals surface area contributed by atoms with E-state index in [4.69, 9.17) is 4.74 Å². The van der Waals surface area contributed by atoms with Crippen LogP contribution in [-0.2, 0) is 4.79 Å². The second-order valence-electron chi connectivity index (χ2n) is 11.6. The van der Waals surface area contributed by atoms with Crippen LogP contribution < -0.4 is 4.74 Å². The summed E-state index contributed by atoms with van der Waals surface area (Å²) >= 11 is 0. The number of β-amino-alcohol motifs (C(OH)–C–C–N with tert-alkyl or cyclic N) is 1. The Morgan fingerprint density at radius 1 is 1.23 bits per heavy atom. The van der Waals surface area contributed by atoms with Crippen LogP contribution in [0.25, 0.3) is 11.1 Å². The molecule has 2 aliphatic rings. The number of likely N-dealkylation sites (tertiary alicyclic amines) is 2. The van der Waals surface area contributed by atoms with Crippen LogP contribution in [0.1, 0.15) is 56.0 Å². The SMILES string of the molecule is CC(C)(F)CN1CCC(COc2ccc(-c3cccc(F)c3C(=O)N3C[C@H](O)C[C@]3(C)C(=O)O)cc2C#N)CC1. The Morgan fingerprint density at radius 3 is 2.55 bits per heavy atom. The van der Waals surface area contributed by atoms with Gasteiger partial charge >= 0.3 is 5.97 Å². The van der Waals surface area contributed by atoms with E-state index < -0.39 is 35.0 Å². The first-order valence-corrected chi connectivity index (χ1v) is 13.4. The highest BCUT2D eigenvalue weighted by molar-refractivity contribution is 6.03. The van der Waals surface area contributed by atoms with Crippen molar-refractivity contribution in [3.8, 4) is 22.9 Å². The second kappa shape index (κ2) is 11.5. The van der Waals surface area contributed by atoms with E-state index in [9.17, 15) is 29.5 Å². The van der Waals surface area contributed by atoms with Gasteiger partial charge in [0, 0.05) is 19.5 Å². The molecule has 214 valence electrons. The Bertz CT molecular complexity index is 1310. The van der Waals surface area contributed by atoms with Crippen molar-refractivity contribution in [2.45, 2.75) is 57.3 Å². The van der Waals surface area contributed by atoms with E-state index in [0.717, 1.165) is 36.9 Å². The van der Waals surface area contributed by atoms with E-state index in [0.29, 0.717) is 24.5 Å². The molecule has 0 unspecified atom stereocenters. The average molecular weight is 556 g/mol. The number of aliphatic hydroxyl groups excluding tert-OH is 1. The fourth-order valence-electron chi connectivity index (χ4n) is 5.63. The van der Waals surface area contributed by atoms with Crippen molar-refractivity contribution in [2.75, 3.05) is 32.8 Å². The lowest BCUT2D eigenvalue weighted by molar-refractivity contribution is -0.147. The van der Waals surface area contributed by atoms with Gasteiger partial charge in [0.05, 0.1) is 23.8 Å². The van der Waals surface area contributed by atoms with Gasteiger partial charge in [-0.1, -0.05) is 18.2 Å². The summed E-state index contributed by atoms with van der Waals surface area (Å²) in [5, 5.41) is 29.7. The molecule has 2 aromatic rings. The third-order valence-corrected chi connectivity index (χ3v) is 7.75. The highest BCUT2D eigenvalue weighted by atomic mass is 19.1. The lowest BCUT2D eigenvalue weighted by Crippen LogP contribution is -2.51. The van der Waals surface area contributed by atoms with Gasteiger partial charge in [-0.15, -0.1) is 0 Å². The predicted molar refractivity (Wildman–Crippen MR) is 144 cm³/mol. The molecule has 40 heavy (non-hydrogen) atoms. The number of carboxylic acids is 1. The van der Waals surface area contributed by atoms with E-state index in [1.54, 1.807) is 26.0 Å². The van der Waals surface area contributed by atoms with Gasteiger partial charge in [0.25, 0.3) is 5.91 Å². The maximum atomic E-state index is 15.1. The molecule has 0 aliphatic carbocycles. The van der Waals surface area contributed by atoms with Gasteiger partial charge in [-0.3, -0.25) is 4.79 Å². The normalized spacial score (nSPS) is 22.2. The molecule has 8 nitrogen and oxygen atoms in total. The number of carboxylic acid groups (broad SMARTS) is 1. The molecule has 1 amide bonds. The number of carbonyl (C=O) groups excluding carboxylic acids is 1. The molecular formula is C30H35F2N3O5. The summed E-state index contributed by atoms with van der Waals surface area (Å²) in [6, 6.07) is 10.9. The van der Waals surface area contributed by atoms with Gasteiger partial charge in [0.15, 0.2) is 0 Å². The molecule has 4 rings (SSSR count). The minimum absolute atomic E-state index is 0.171. The zero-order chi connectivity index (χ0) is 29.2. The number of aliphatic carboxylic acids is 1. The van der Waals surface area contributed by atoms with Crippen LogP contribution in [-0.4, -0.2) is 82.0 Å². The number of ether oxygens (including phenoxy) is 1. The number of hydrogen-bond acceptors (Lipinski definition) is 6. The quantitative estimate of drug-likeness (QED) is 0.501. The fourth-order valence-corrected chi connectivity index (χ4v) is 5.63. The van der Waals surface area contributed by atoms with Crippen LogP contribution in [0, 0.1) is 23.1 Å². The van der Waals surface area contributed by atoms with E-state index in [-0.39, 0.29) is 35.6 Å². The number of hydrogen-bond donors (Lipinski definition) is 2. The summed E-state index contributed by atoms with van der Waals surface area (Å²) in [4.78, 5) is 28.6. The molecule has 0 spiro atoms. The lowest BCUT2D eigenvalue weighted by atomic mass is 9.94. The summed E-state index contributed by atoms with van der Waals surface area (Å²) < 4.78 is 35.1. The number of rotatable bonds is 8. The van der Waals surface area contributed by atoms with E-state index in [1.165, 1.54) is 25.1 Å². The predicted octanol–water partition coefficient (Wildman–Crippen LogP) is 4.25. The number of amides is 1. The van der Waals surface area contributed by atoms with Crippen molar-refractivity contribution < 1.29 is 33.3 Å². The molecule has 2 N–H and O–H groups in total. The number of halogens is 2. The number of alkyl halides is 1. The largest absolute Gasteiger partial charge is 0.492 e. The first-order chi connectivity index (χ1) is 18.8. The van der Waals surface area contributed by atoms with Crippen LogP contribution in [0.3, 0.4) is 0 Å². The summed E-state index contributed by atoms with van der Waals surface area (Å²) in [6.07, 6.45) is 0.482. The third-order valence-electron chi connectivity index (χ3n) is 7.75. The van der Waals surface area contributed by atoms with Crippen LogP contribution in [0.2, 0.25) is 0 Å². The number of piperidine rings is 1. The minimum Gasteiger partial charge on any atom is -0.492 e. The zero-order valence-corrected chi connectivity index (χ0v) is 23.0. The molecule has 2 aliphatic heterocycles. The van der Waals surface area contributed by atoms with E-state index in [1.807, 2.05) is 0 Å². The van der Waals surface area contributed by atoms with Crippen molar-refractivity contribution in [3.63, 3.8) is 0 Å². The van der Waals surface area contributed by atoms with Gasteiger partial charge in [0.2, 0.25) is 0 Å². The smallest absolute Gasteiger partial charge is 0.329 e. The molecule has 2 aromatic carbocycles. The molecule has 0 aromatic heterocycles. The van der Waals surface area contributed by atoms with Crippen molar-refractivity contribution in [3.05, 3.63) is 53.3 Å². The first kappa shape index (κ1) is 29.4. The van der Waals surface area contributed by atoms with Crippen LogP contribution in [0.4, 0.5) is 8.78 Å². The topological polar surface area (TPSA) is 114 Å². The lowest BCUT2D eigenvalue weighted by Gasteiger charge is -2.34. The molecule has 0 bridgehead atoms. The monoisotopic (exact) mass is 555 g/mol. The molecule has 2 heterocycles. The summed E-state index contributed by atoms with van der Waals surface area (Å²) in [6.45, 7) is 6.57. The van der Waals surface area contributed by atoms with Crippen molar-refractivity contribution >= 4 is 11.9 Å². The summed E-state index contributed by atoms with van der Waals surface area (Å²) in [7, 11) is 0. The Labute approximate surface area is 232 Å². The van der Waals surface area contributed by atoms with E-state index in [2.05, 4.69) is 11.0 Å². The van der Waals surface area contributed by atoms with Crippen LogP contribution in [0.5, 0.6) is 5.75 Å². The molecular weight excluding hydrogens is 520 g/mol. The molecule has 2 saturated heterocycles. The Morgan fingerprint density at radius 2 is 1.93 bits per heavy atom. The van der Waals surface area contributed by atoms with E-state index >= 15 is 4.39 Å².